The number of rotatable bonds is 8. The van der Waals surface area contributed by atoms with Gasteiger partial charge in [0.1, 0.15) is 11.5 Å². The number of fused-ring (bicyclic) bond motifs is 1. The summed E-state index contributed by atoms with van der Waals surface area (Å²) >= 11 is 5.86. The number of carbonyl (C=O) groups is 2. The molecular formula is C26H26ClN3O5. The van der Waals surface area contributed by atoms with E-state index in [-0.39, 0.29) is 34.9 Å². The summed E-state index contributed by atoms with van der Waals surface area (Å²) in [7, 11) is 1.64. The number of phenolic OH excluding ortho intramolecular Hbond substituents is 1. The van der Waals surface area contributed by atoms with E-state index in [1.54, 1.807) is 13.2 Å². The van der Waals surface area contributed by atoms with E-state index in [4.69, 9.17) is 21.1 Å². The van der Waals surface area contributed by atoms with Crippen molar-refractivity contribution in [3.8, 4) is 11.5 Å². The molecule has 8 nitrogen and oxygen atoms in total. The number of aromatic hydroxyl groups is 1. The van der Waals surface area contributed by atoms with Gasteiger partial charge in [-0.25, -0.2) is 5.43 Å². The molecule has 3 aromatic carbocycles. The van der Waals surface area contributed by atoms with Gasteiger partial charge in [-0.05, 0) is 48.6 Å². The third-order valence-corrected chi connectivity index (χ3v) is 6.21. The molecule has 1 aliphatic rings. The Kier molecular flexibility index (Phi) is 7.84. The molecule has 2 N–H and O–H groups in total. The summed E-state index contributed by atoms with van der Waals surface area (Å²) in [6, 6.07) is 15.5. The highest BCUT2D eigenvalue weighted by Crippen LogP contribution is 2.28. The lowest BCUT2D eigenvalue weighted by Crippen LogP contribution is -2.40. The molecular weight excluding hydrogens is 470 g/mol. The molecule has 0 bridgehead atoms. The van der Waals surface area contributed by atoms with Crippen LogP contribution in [0.2, 0.25) is 5.02 Å². The van der Waals surface area contributed by atoms with Crippen LogP contribution in [0.3, 0.4) is 0 Å². The van der Waals surface area contributed by atoms with Crippen LogP contribution in [0.4, 0.5) is 0 Å². The molecule has 1 aliphatic heterocycles. The molecule has 1 atom stereocenters. The molecule has 1 heterocycles. The predicted molar refractivity (Wildman–Crippen MR) is 134 cm³/mol. The number of amides is 2. The molecule has 0 aromatic heterocycles. The summed E-state index contributed by atoms with van der Waals surface area (Å²) in [6.07, 6.45) is 3.44. The number of hydrogen-bond acceptors (Lipinski definition) is 6. The predicted octanol–water partition coefficient (Wildman–Crippen LogP) is 3.98. The van der Waals surface area contributed by atoms with Crippen molar-refractivity contribution >= 4 is 40.4 Å². The fraction of sp³-hybridized carbons (Fsp3) is 0.269. The largest absolute Gasteiger partial charge is 0.506 e. The van der Waals surface area contributed by atoms with Gasteiger partial charge in [0.15, 0.2) is 6.61 Å². The summed E-state index contributed by atoms with van der Waals surface area (Å²) in [5.41, 5.74) is 3.50. The van der Waals surface area contributed by atoms with Gasteiger partial charge in [-0.1, -0.05) is 35.9 Å². The standard InChI is InChI=1S/C26H26ClN3O5/c1-34-15-19-5-4-12-30(19)25(32)16-35-24-11-9-18(20-6-2-3-7-21(20)24)14-28-29-26(33)17-8-10-23(31)22(27)13-17/h2-3,6-11,13-14,19,31H,4-5,12,15-16H2,1H3,(H,29,33)/b28-14+. The highest BCUT2D eigenvalue weighted by atomic mass is 35.5. The molecule has 35 heavy (non-hydrogen) atoms. The van der Waals surface area contributed by atoms with E-state index in [0.717, 1.165) is 29.2 Å². The Bertz CT molecular complexity index is 1260. The normalized spacial score (nSPS) is 15.6. The van der Waals surface area contributed by atoms with Gasteiger partial charge < -0.3 is 19.5 Å². The third-order valence-electron chi connectivity index (χ3n) is 5.91. The van der Waals surface area contributed by atoms with E-state index in [9.17, 15) is 14.7 Å². The van der Waals surface area contributed by atoms with Gasteiger partial charge in [-0.2, -0.15) is 5.10 Å². The number of methoxy groups -OCH3 is 1. The number of halogens is 1. The Morgan fingerprint density at radius 2 is 2.00 bits per heavy atom. The van der Waals surface area contributed by atoms with Gasteiger partial charge in [0.05, 0.1) is 23.9 Å². The van der Waals surface area contributed by atoms with E-state index < -0.39 is 5.91 Å². The number of carbonyl (C=O) groups excluding carboxylic acids is 2. The average molecular weight is 496 g/mol. The summed E-state index contributed by atoms with van der Waals surface area (Å²) in [6.45, 7) is 1.19. The van der Waals surface area contributed by atoms with Crippen molar-refractivity contribution < 1.29 is 24.2 Å². The molecule has 0 radical (unpaired) electrons. The number of ether oxygens (including phenoxy) is 2. The van der Waals surface area contributed by atoms with Crippen molar-refractivity contribution in [2.75, 3.05) is 26.9 Å². The number of nitrogens with zero attached hydrogens (tertiary/aromatic N) is 2. The minimum atomic E-state index is -0.459. The monoisotopic (exact) mass is 495 g/mol. The number of hydrogen-bond donors (Lipinski definition) is 2. The van der Waals surface area contributed by atoms with Gasteiger partial charge in [-0.3, -0.25) is 9.59 Å². The number of nitrogens with one attached hydrogen (secondary N) is 1. The lowest BCUT2D eigenvalue weighted by molar-refractivity contribution is -0.135. The molecule has 3 aromatic rings. The molecule has 1 fully saturated rings. The van der Waals surface area contributed by atoms with Gasteiger partial charge >= 0.3 is 0 Å². The van der Waals surface area contributed by atoms with Crippen LogP contribution < -0.4 is 10.2 Å². The number of likely N-dealkylation sites (tertiary alicyclic amines) is 1. The van der Waals surface area contributed by atoms with Crippen LogP contribution in [0, 0.1) is 0 Å². The van der Waals surface area contributed by atoms with Crippen LogP contribution in [0.1, 0.15) is 28.8 Å². The first-order valence-corrected chi connectivity index (χ1v) is 11.6. The number of benzene rings is 3. The third kappa shape index (κ3) is 5.72. The van der Waals surface area contributed by atoms with Crippen LogP contribution >= 0.6 is 11.6 Å². The first-order valence-electron chi connectivity index (χ1n) is 11.2. The topological polar surface area (TPSA) is 100 Å². The molecule has 9 heteroatoms. The van der Waals surface area contributed by atoms with E-state index in [1.807, 2.05) is 35.2 Å². The van der Waals surface area contributed by atoms with Crippen molar-refractivity contribution in [2.24, 2.45) is 5.10 Å². The highest BCUT2D eigenvalue weighted by molar-refractivity contribution is 6.32. The first-order chi connectivity index (χ1) is 17.0. The quantitative estimate of drug-likeness (QED) is 0.363. The Balaban J connectivity index is 1.45. The molecule has 0 aliphatic carbocycles. The average Bonchev–Trinajstić information content (AvgIpc) is 3.33. The summed E-state index contributed by atoms with van der Waals surface area (Å²) in [4.78, 5) is 26.9. The van der Waals surface area contributed by atoms with Crippen LogP contribution in [-0.2, 0) is 9.53 Å². The first kappa shape index (κ1) is 24.5. The Labute approximate surface area is 208 Å². The summed E-state index contributed by atoms with van der Waals surface area (Å²) in [5.74, 6) is -0.0234. The number of hydrazone groups is 1. The van der Waals surface area contributed by atoms with Crippen molar-refractivity contribution in [3.05, 3.63) is 70.7 Å². The molecule has 2 amide bonds. The molecule has 4 rings (SSSR count). The van der Waals surface area contributed by atoms with E-state index in [1.165, 1.54) is 24.4 Å². The van der Waals surface area contributed by atoms with Gasteiger partial charge in [0, 0.05) is 30.2 Å². The van der Waals surface area contributed by atoms with Gasteiger partial charge in [0.2, 0.25) is 0 Å². The fourth-order valence-corrected chi connectivity index (χ4v) is 4.34. The summed E-state index contributed by atoms with van der Waals surface area (Å²) < 4.78 is 11.1. The maximum absolute atomic E-state index is 12.7. The van der Waals surface area contributed by atoms with Crippen molar-refractivity contribution in [2.45, 2.75) is 18.9 Å². The van der Waals surface area contributed by atoms with Crippen molar-refractivity contribution in [1.82, 2.24) is 10.3 Å². The second-order valence-corrected chi connectivity index (χ2v) is 8.60. The molecule has 0 spiro atoms. The lowest BCUT2D eigenvalue weighted by atomic mass is 10.0. The number of phenols is 1. The molecule has 0 saturated carbocycles. The van der Waals surface area contributed by atoms with Crippen molar-refractivity contribution in [1.29, 1.82) is 0 Å². The zero-order valence-electron chi connectivity index (χ0n) is 19.2. The second-order valence-electron chi connectivity index (χ2n) is 8.19. The lowest BCUT2D eigenvalue weighted by Gasteiger charge is -2.24. The van der Waals surface area contributed by atoms with Crippen LogP contribution in [0.5, 0.6) is 11.5 Å². The minimum Gasteiger partial charge on any atom is -0.506 e. The minimum absolute atomic E-state index is 0.0527. The maximum atomic E-state index is 12.7. The zero-order chi connectivity index (χ0) is 24.8. The van der Waals surface area contributed by atoms with E-state index in [2.05, 4.69) is 10.5 Å². The molecule has 1 unspecified atom stereocenters. The van der Waals surface area contributed by atoms with Crippen LogP contribution in [0.15, 0.2) is 59.7 Å². The van der Waals surface area contributed by atoms with Crippen LogP contribution in [0.25, 0.3) is 10.8 Å². The molecule has 182 valence electrons. The SMILES string of the molecule is COCC1CCCN1C(=O)COc1ccc(/C=N/NC(=O)c2ccc(O)c(Cl)c2)c2ccccc12. The van der Waals surface area contributed by atoms with Crippen LogP contribution in [-0.4, -0.2) is 60.9 Å². The Morgan fingerprint density at radius 3 is 2.77 bits per heavy atom. The Hall–Kier alpha value is -3.62. The zero-order valence-corrected chi connectivity index (χ0v) is 20.0. The van der Waals surface area contributed by atoms with Gasteiger partial charge in [-0.15, -0.1) is 0 Å². The smallest absolute Gasteiger partial charge is 0.271 e. The van der Waals surface area contributed by atoms with Gasteiger partial charge in [0.25, 0.3) is 11.8 Å². The van der Waals surface area contributed by atoms with E-state index >= 15 is 0 Å². The fourth-order valence-electron chi connectivity index (χ4n) is 4.16. The molecule has 1 saturated heterocycles. The second kappa shape index (κ2) is 11.2. The highest BCUT2D eigenvalue weighted by Gasteiger charge is 2.28. The maximum Gasteiger partial charge on any atom is 0.271 e. The van der Waals surface area contributed by atoms with E-state index in [0.29, 0.717) is 18.9 Å². The Morgan fingerprint density at radius 1 is 1.20 bits per heavy atom. The summed E-state index contributed by atoms with van der Waals surface area (Å²) in [5, 5.41) is 15.3. The van der Waals surface area contributed by atoms with Crippen molar-refractivity contribution in [3.63, 3.8) is 0 Å².